The Morgan fingerprint density at radius 2 is 1.95 bits per heavy atom. The number of hydrogen-bond donors (Lipinski definition) is 2. The van der Waals surface area contributed by atoms with Crippen LogP contribution in [-0.2, 0) is 7.05 Å². The maximum atomic E-state index is 15.2. The van der Waals surface area contributed by atoms with Gasteiger partial charge in [0.2, 0.25) is 5.95 Å². The first-order valence-electron chi connectivity index (χ1n) is 11.6. The number of halogens is 3. The van der Waals surface area contributed by atoms with Crippen LogP contribution in [0.15, 0.2) is 49.2 Å². The third-order valence-corrected chi connectivity index (χ3v) is 6.37. The Bertz CT molecular complexity index is 1690. The van der Waals surface area contributed by atoms with Gasteiger partial charge >= 0.3 is 0 Å². The largest absolute Gasteiger partial charge is 0.457 e. The molecule has 4 heterocycles. The van der Waals surface area contributed by atoms with Crippen LogP contribution in [0, 0.1) is 12.7 Å². The molecular formula is C25H21F3N8O2. The first-order chi connectivity index (χ1) is 18.2. The molecule has 5 aromatic rings. The number of aromatic nitrogens is 6. The van der Waals surface area contributed by atoms with Crippen molar-refractivity contribution in [2.45, 2.75) is 19.0 Å². The molecule has 38 heavy (non-hydrogen) atoms. The fraction of sp³-hybridized carbons (Fsp3) is 0.240. The summed E-state index contributed by atoms with van der Waals surface area (Å²) in [5, 5.41) is 12.5. The molecule has 0 radical (unpaired) electrons. The Balaban J connectivity index is 1.28. The summed E-state index contributed by atoms with van der Waals surface area (Å²) in [6.45, 7) is 0.729. The molecule has 13 heteroatoms. The average molecular weight is 522 g/mol. The molecule has 0 bridgehead atoms. The van der Waals surface area contributed by atoms with Gasteiger partial charge in [-0.1, -0.05) is 0 Å². The van der Waals surface area contributed by atoms with E-state index in [4.69, 9.17) is 4.74 Å². The molecule has 1 aliphatic rings. The summed E-state index contributed by atoms with van der Waals surface area (Å²) < 4.78 is 50.7. The predicted octanol–water partition coefficient (Wildman–Crippen LogP) is 4.11. The minimum Gasteiger partial charge on any atom is -0.457 e. The zero-order valence-corrected chi connectivity index (χ0v) is 20.2. The maximum Gasteiger partial charge on any atom is 0.292 e. The van der Waals surface area contributed by atoms with Gasteiger partial charge in [-0.25, -0.2) is 38.1 Å². The third kappa shape index (κ3) is 4.20. The molecule has 0 unspecified atom stereocenters. The van der Waals surface area contributed by atoms with Gasteiger partial charge in [-0.15, -0.1) is 0 Å². The summed E-state index contributed by atoms with van der Waals surface area (Å²) in [5.74, 6) is -2.89. The second-order valence-corrected chi connectivity index (χ2v) is 9.11. The van der Waals surface area contributed by atoms with E-state index in [0.29, 0.717) is 22.6 Å². The number of imidazole rings is 1. The van der Waals surface area contributed by atoms with Gasteiger partial charge in [0, 0.05) is 19.2 Å². The van der Waals surface area contributed by atoms with Crippen molar-refractivity contribution in [2.24, 2.45) is 7.05 Å². The van der Waals surface area contributed by atoms with E-state index in [1.807, 2.05) is 17.7 Å². The summed E-state index contributed by atoms with van der Waals surface area (Å²) in [5.41, 5.74) is 3.00. The van der Waals surface area contributed by atoms with E-state index in [1.165, 1.54) is 23.5 Å². The van der Waals surface area contributed by atoms with Crippen molar-refractivity contribution in [1.82, 2.24) is 29.5 Å². The highest BCUT2D eigenvalue weighted by Crippen LogP contribution is 2.34. The van der Waals surface area contributed by atoms with E-state index in [1.54, 1.807) is 31.5 Å². The van der Waals surface area contributed by atoms with Crippen molar-refractivity contribution >= 4 is 39.5 Å². The van der Waals surface area contributed by atoms with Gasteiger partial charge in [-0.3, -0.25) is 0 Å². The quantitative estimate of drug-likeness (QED) is 0.352. The molecule has 0 saturated carbocycles. The first kappa shape index (κ1) is 23.9. The van der Waals surface area contributed by atoms with Crippen molar-refractivity contribution in [3.8, 4) is 11.5 Å². The van der Waals surface area contributed by atoms with Crippen LogP contribution in [0.4, 0.5) is 30.6 Å². The van der Waals surface area contributed by atoms with Crippen LogP contribution in [0.5, 0.6) is 11.5 Å². The lowest BCUT2D eigenvalue weighted by molar-refractivity contribution is -0.0712. The number of aliphatic hydroxyl groups excluding tert-OH is 1. The number of benzene rings is 2. The number of hydrogen-bond acceptors (Lipinski definition) is 9. The maximum absolute atomic E-state index is 15.2. The van der Waals surface area contributed by atoms with Crippen molar-refractivity contribution in [2.75, 3.05) is 23.3 Å². The van der Waals surface area contributed by atoms with Crippen molar-refractivity contribution < 1.29 is 23.0 Å². The fourth-order valence-electron chi connectivity index (χ4n) is 4.31. The van der Waals surface area contributed by atoms with E-state index in [-0.39, 0.29) is 29.5 Å². The predicted molar refractivity (Wildman–Crippen MR) is 134 cm³/mol. The molecular weight excluding hydrogens is 501 g/mol. The zero-order valence-electron chi connectivity index (χ0n) is 20.2. The lowest BCUT2D eigenvalue weighted by Crippen LogP contribution is -2.31. The second-order valence-electron chi connectivity index (χ2n) is 9.11. The second kappa shape index (κ2) is 8.80. The Kier molecular flexibility index (Phi) is 5.52. The molecule has 2 N–H and O–H groups in total. The summed E-state index contributed by atoms with van der Waals surface area (Å²) in [7, 11) is 1.89. The van der Waals surface area contributed by atoms with E-state index in [0.717, 1.165) is 11.0 Å². The topological polar surface area (TPSA) is 114 Å². The molecule has 1 aliphatic heterocycles. The highest BCUT2D eigenvalue weighted by Gasteiger charge is 2.48. The normalized spacial score (nSPS) is 16.9. The molecule has 6 rings (SSSR count). The minimum absolute atomic E-state index is 0.0168. The number of β-amino-alcohol motifs (C(OH)–C–C–N with tert-alkyl or cyclic N) is 1. The van der Waals surface area contributed by atoms with Gasteiger partial charge in [-0.2, -0.15) is 0 Å². The molecule has 10 nitrogen and oxygen atoms in total. The van der Waals surface area contributed by atoms with Crippen LogP contribution < -0.4 is 15.0 Å². The summed E-state index contributed by atoms with van der Waals surface area (Å²) >= 11 is 0. The van der Waals surface area contributed by atoms with E-state index >= 15 is 4.39 Å². The molecule has 0 amide bonds. The number of ether oxygens (including phenoxy) is 1. The average Bonchev–Trinajstić information content (AvgIpc) is 3.39. The van der Waals surface area contributed by atoms with Gasteiger partial charge in [0.25, 0.3) is 5.92 Å². The van der Waals surface area contributed by atoms with Crippen LogP contribution in [0.1, 0.15) is 5.56 Å². The van der Waals surface area contributed by atoms with Crippen molar-refractivity contribution in [3.63, 3.8) is 0 Å². The van der Waals surface area contributed by atoms with Crippen LogP contribution in [0.3, 0.4) is 0 Å². The van der Waals surface area contributed by atoms with Gasteiger partial charge < -0.3 is 24.6 Å². The van der Waals surface area contributed by atoms with Crippen LogP contribution in [0.2, 0.25) is 0 Å². The highest BCUT2D eigenvalue weighted by atomic mass is 19.3. The molecule has 194 valence electrons. The number of aliphatic hydroxyl groups is 1. The SMILES string of the molecule is Cc1cc(Nc2ncnc3cnc(N4C[C@H](O)C(F)(F)C4)nc23)c(F)cc1Oc1ccc2c(c1)ncn2C. The minimum atomic E-state index is -3.28. The van der Waals surface area contributed by atoms with Crippen LogP contribution in [-0.4, -0.2) is 59.7 Å². The van der Waals surface area contributed by atoms with Crippen molar-refractivity contribution in [1.29, 1.82) is 0 Å². The molecule has 2 aromatic carbocycles. The molecule has 1 fully saturated rings. The smallest absolute Gasteiger partial charge is 0.292 e. The zero-order chi connectivity index (χ0) is 26.6. The number of nitrogens with one attached hydrogen (secondary N) is 1. The first-order valence-corrected chi connectivity index (χ1v) is 11.6. The molecule has 1 atom stereocenters. The Labute approximate surface area is 213 Å². The molecule has 0 spiro atoms. The number of alkyl halides is 2. The Hall–Kier alpha value is -4.52. The number of nitrogens with zero attached hydrogens (tertiary/aromatic N) is 7. The summed E-state index contributed by atoms with van der Waals surface area (Å²) in [6, 6.07) is 8.26. The van der Waals surface area contributed by atoms with Gasteiger partial charge in [0.15, 0.2) is 5.82 Å². The Morgan fingerprint density at radius 3 is 2.74 bits per heavy atom. The lowest BCUT2D eigenvalue weighted by Gasteiger charge is -2.16. The fourth-order valence-corrected chi connectivity index (χ4v) is 4.31. The van der Waals surface area contributed by atoms with E-state index < -0.39 is 24.4 Å². The van der Waals surface area contributed by atoms with Crippen LogP contribution >= 0.6 is 0 Å². The van der Waals surface area contributed by atoms with Gasteiger partial charge in [0.05, 0.1) is 42.3 Å². The number of rotatable bonds is 5. The summed E-state index contributed by atoms with van der Waals surface area (Å²) in [6.07, 6.45) is 2.51. The van der Waals surface area contributed by atoms with Gasteiger partial charge in [0.1, 0.15) is 40.8 Å². The number of anilines is 3. The molecule has 1 saturated heterocycles. The monoisotopic (exact) mass is 522 g/mol. The van der Waals surface area contributed by atoms with Crippen LogP contribution in [0.25, 0.3) is 22.1 Å². The molecule has 3 aromatic heterocycles. The number of aryl methyl sites for hydroxylation is 2. The lowest BCUT2D eigenvalue weighted by atomic mass is 10.2. The van der Waals surface area contributed by atoms with Crippen molar-refractivity contribution in [3.05, 3.63) is 60.6 Å². The third-order valence-electron chi connectivity index (χ3n) is 6.37. The summed E-state index contributed by atoms with van der Waals surface area (Å²) in [4.78, 5) is 22.2. The van der Waals surface area contributed by atoms with Gasteiger partial charge in [-0.05, 0) is 30.7 Å². The van der Waals surface area contributed by atoms with E-state index in [9.17, 15) is 13.9 Å². The Morgan fingerprint density at radius 1 is 1.11 bits per heavy atom. The van der Waals surface area contributed by atoms with E-state index in [2.05, 4.69) is 30.2 Å². The highest BCUT2D eigenvalue weighted by molar-refractivity contribution is 5.87. The standard InChI is InChI=1S/C25H21F3N8O2/c1-13-5-16(15(26)7-20(13)38-14-3-4-19-17(6-14)32-12-35(19)2)33-23-22-18(30-11-31-23)8-29-24(34-22)36-9-21(37)25(27,28)10-36/h3-8,11-12,21,37H,9-10H2,1-2H3,(H,30,31,33)/t21-/m0/s1. The molecule has 0 aliphatic carbocycles. The number of fused-ring (bicyclic) bond motifs is 2.